The van der Waals surface area contributed by atoms with E-state index in [9.17, 15) is 9.59 Å². The quantitative estimate of drug-likeness (QED) is 0.585. The summed E-state index contributed by atoms with van der Waals surface area (Å²) < 4.78 is 3.74. The summed E-state index contributed by atoms with van der Waals surface area (Å²) in [5.41, 5.74) is 10.9. The molecule has 5 nitrogen and oxygen atoms in total. The van der Waals surface area contributed by atoms with Crippen molar-refractivity contribution in [3.05, 3.63) is 100.0 Å². The Labute approximate surface area is 162 Å². The van der Waals surface area contributed by atoms with E-state index >= 15 is 0 Å². The number of aromatic nitrogens is 2. The Morgan fingerprint density at radius 2 is 1.71 bits per heavy atom. The second-order valence-corrected chi connectivity index (χ2v) is 6.97. The number of primary amides is 1. The maximum atomic E-state index is 12.6. The fourth-order valence-corrected chi connectivity index (χ4v) is 3.65. The van der Waals surface area contributed by atoms with Gasteiger partial charge in [-0.1, -0.05) is 48.0 Å². The van der Waals surface area contributed by atoms with Gasteiger partial charge < -0.3 is 10.3 Å². The average Bonchev–Trinajstić information content (AvgIpc) is 2.99. The molecular weight excluding hydrogens is 350 g/mol. The van der Waals surface area contributed by atoms with Crippen molar-refractivity contribution in [3.8, 4) is 5.69 Å². The number of hydrogen-bond acceptors (Lipinski definition) is 2. The number of carbonyl (C=O) groups is 1. The summed E-state index contributed by atoms with van der Waals surface area (Å²) in [6, 6.07) is 23.0. The highest BCUT2D eigenvalue weighted by atomic mass is 16.1. The van der Waals surface area contributed by atoms with Gasteiger partial charge in [-0.3, -0.25) is 14.2 Å². The first-order valence-corrected chi connectivity index (χ1v) is 9.16. The van der Waals surface area contributed by atoms with Gasteiger partial charge in [-0.15, -0.1) is 0 Å². The molecule has 2 heterocycles. The molecule has 0 spiro atoms. The van der Waals surface area contributed by atoms with Crippen LogP contribution in [0, 0.1) is 6.92 Å². The predicted octanol–water partition coefficient (Wildman–Crippen LogP) is 3.18. The highest BCUT2D eigenvalue weighted by molar-refractivity contribution is 5.83. The molecule has 0 aliphatic rings. The van der Waals surface area contributed by atoms with Crippen molar-refractivity contribution in [1.82, 2.24) is 9.13 Å². The van der Waals surface area contributed by atoms with Crippen LogP contribution in [0.1, 0.15) is 16.8 Å². The first-order chi connectivity index (χ1) is 13.5. The number of amides is 1. The molecule has 5 heteroatoms. The molecule has 0 fully saturated rings. The molecule has 140 valence electrons. The zero-order valence-electron chi connectivity index (χ0n) is 15.6. The third kappa shape index (κ3) is 3.34. The lowest BCUT2D eigenvalue weighted by Gasteiger charge is -2.12. The summed E-state index contributed by atoms with van der Waals surface area (Å²) in [7, 11) is 0. The molecule has 1 amide bonds. The van der Waals surface area contributed by atoms with Gasteiger partial charge in [0.05, 0.1) is 17.5 Å². The molecule has 28 heavy (non-hydrogen) atoms. The molecule has 0 saturated carbocycles. The molecule has 4 aromatic rings. The van der Waals surface area contributed by atoms with Gasteiger partial charge in [0.25, 0.3) is 5.56 Å². The van der Waals surface area contributed by atoms with Crippen LogP contribution in [-0.4, -0.2) is 15.0 Å². The van der Waals surface area contributed by atoms with E-state index < -0.39 is 5.91 Å². The molecule has 0 bridgehead atoms. The highest BCUT2D eigenvalue weighted by Gasteiger charge is 2.15. The molecule has 2 aromatic carbocycles. The van der Waals surface area contributed by atoms with Crippen LogP contribution in [0.2, 0.25) is 0 Å². The number of rotatable bonds is 5. The normalized spacial score (nSPS) is 11.0. The number of para-hydroxylation sites is 1. The smallest absolute Gasteiger partial charge is 0.255 e. The Bertz CT molecular complexity index is 1220. The molecule has 0 unspecified atom stereocenters. The zero-order valence-corrected chi connectivity index (χ0v) is 15.6. The van der Waals surface area contributed by atoms with Crippen LogP contribution in [0.3, 0.4) is 0 Å². The SMILES string of the molecule is Cc1cccc(Cn2c(CC(N)=O)cc3c2ccc(=O)n3-c2ccccc2)c1. The van der Waals surface area contributed by atoms with Gasteiger partial charge in [0, 0.05) is 24.0 Å². The topological polar surface area (TPSA) is 70.0 Å². The van der Waals surface area contributed by atoms with Crippen molar-refractivity contribution in [2.24, 2.45) is 5.73 Å². The maximum Gasteiger partial charge on any atom is 0.255 e. The molecule has 0 saturated heterocycles. The molecular formula is C23H21N3O2. The first-order valence-electron chi connectivity index (χ1n) is 9.16. The predicted molar refractivity (Wildman–Crippen MR) is 111 cm³/mol. The molecule has 0 radical (unpaired) electrons. The summed E-state index contributed by atoms with van der Waals surface area (Å²) >= 11 is 0. The Morgan fingerprint density at radius 3 is 2.43 bits per heavy atom. The number of pyridine rings is 1. The Balaban J connectivity index is 1.95. The molecule has 2 N–H and O–H groups in total. The van der Waals surface area contributed by atoms with Crippen molar-refractivity contribution in [2.75, 3.05) is 0 Å². The molecule has 0 atom stereocenters. The summed E-state index contributed by atoms with van der Waals surface area (Å²) in [6.45, 7) is 2.65. The van der Waals surface area contributed by atoms with E-state index in [1.807, 2.05) is 48.5 Å². The standard InChI is InChI=1S/C23H21N3O2/c1-16-6-5-7-17(12-16)15-25-19(14-22(24)27)13-21-20(25)10-11-23(28)26(21)18-8-3-2-4-9-18/h2-13H,14-15H2,1H3,(H2,24,27). The molecule has 0 aliphatic carbocycles. The van der Waals surface area contributed by atoms with E-state index in [4.69, 9.17) is 5.73 Å². The number of nitrogens with zero attached hydrogens (tertiary/aromatic N) is 2. The molecule has 4 rings (SSSR count). The van der Waals surface area contributed by atoms with Crippen LogP contribution in [0.15, 0.2) is 77.6 Å². The van der Waals surface area contributed by atoms with Crippen LogP contribution in [0.4, 0.5) is 0 Å². The second-order valence-electron chi connectivity index (χ2n) is 6.97. The van der Waals surface area contributed by atoms with E-state index in [1.54, 1.807) is 10.6 Å². The van der Waals surface area contributed by atoms with Crippen LogP contribution in [-0.2, 0) is 17.8 Å². The fourth-order valence-electron chi connectivity index (χ4n) is 3.65. The van der Waals surface area contributed by atoms with E-state index in [1.165, 1.54) is 5.56 Å². The van der Waals surface area contributed by atoms with Crippen LogP contribution in [0.25, 0.3) is 16.7 Å². The third-order valence-corrected chi connectivity index (χ3v) is 4.84. The third-order valence-electron chi connectivity index (χ3n) is 4.84. The van der Waals surface area contributed by atoms with Crippen molar-refractivity contribution in [2.45, 2.75) is 19.9 Å². The minimum atomic E-state index is -0.401. The zero-order chi connectivity index (χ0) is 19.7. The Morgan fingerprint density at radius 1 is 0.929 bits per heavy atom. The summed E-state index contributed by atoms with van der Waals surface area (Å²) in [4.78, 5) is 24.3. The highest BCUT2D eigenvalue weighted by Crippen LogP contribution is 2.23. The molecule has 2 aromatic heterocycles. The van der Waals surface area contributed by atoms with Gasteiger partial charge in [-0.25, -0.2) is 0 Å². The largest absolute Gasteiger partial charge is 0.369 e. The van der Waals surface area contributed by atoms with Gasteiger partial charge in [-0.05, 0) is 36.8 Å². The summed E-state index contributed by atoms with van der Waals surface area (Å²) in [6.07, 6.45) is 0.115. The minimum absolute atomic E-state index is 0.114. The lowest BCUT2D eigenvalue weighted by Crippen LogP contribution is -2.17. The van der Waals surface area contributed by atoms with Gasteiger partial charge in [0.2, 0.25) is 5.91 Å². The van der Waals surface area contributed by atoms with Crippen LogP contribution < -0.4 is 11.3 Å². The van der Waals surface area contributed by atoms with Gasteiger partial charge in [0.1, 0.15) is 0 Å². The summed E-state index contributed by atoms with van der Waals surface area (Å²) in [5.74, 6) is -0.401. The van der Waals surface area contributed by atoms with Crippen molar-refractivity contribution >= 4 is 16.9 Å². The number of benzene rings is 2. The lowest BCUT2D eigenvalue weighted by molar-refractivity contribution is -0.117. The van der Waals surface area contributed by atoms with Gasteiger partial charge >= 0.3 is 0 Å². The van der Waals surface area contributed by atoms with Crippen LogP contribution in [0.5, 0.6) is 0 Å². The minimum Gasteiger partial charge on any atom is -0.369 e. The van der Waals surface area contributed by atoms with Crippen molar-refractivity contribution in [1.29, 1.82) is 0 Å². The number of nitrogens with two attached hydrogens (primary N) is 1. The molecule has 0 aliphatic heterocycles. The van der Waals surface area contributed by atoms with Crippen LogP contribution >= 0.6 is 0 Å². The van der Waals surface area contributed by atoms with E-state index in [0.717, 1.165) is 28.0 Å². The second kappa shape index (κ2) is 7.19. The van der Waals surface area contributed by atoms with Gasteiger partial charge in [0.15, 0.2) is 0 Å². The lowest BCUT2D eigenvalue weighted by atomic mass is 10.1. The average molecular weight is 371 g/mol. The fraction of sp³-hybridized carbons (Fsp3) is 0.130. The Hall–Kier alpha value is -3.60. The maximum absolute atomic E-state index is 12.6. The number of aryl methyl sites for hydroxylation is 1. The van der Waals surface area contributed by atoms with E-state index in [-0.39, 0.29) is 12.0 Å². The summed E-state index contributed by atoms with van der Waals surface area (Å²) in [5, 5.41) is 0. The van der Waals surface area contributed by atoms with E-state index in [2.05, 4.69) is 29.7 Å². The van der Waals surface area contributed by atoms with Crippen molar-refractivity contribution in [3.63, 3.8) is 0 Å². The number of fused-ring (bicyclic) bond motifs is 1. The van der Waals surface area contributed by atoms with Crippen molar-refractivity contribution < 1.29 is 4.79 Å². The monoisotopic (exact) mass is 371 g/mol. The number of hydrogen-bond donors (Lipinski definition) is 1. The number of carbonyl (C=O) groups excluding carboxylic acids is 1. The van der Waals surface area contributed by atoms with Gasteiger partial charge in [-0.2, -0.15) is 0 Å². The van der Waals surface area contributed by atoms with E-state index in [0.29, 0.717) is 6.54 Å². The first kappa shape index (κ1) is 17.8. The Kier molecular flexibility index (Phi) is 4.57.